The Labute approximate surface area is 85.5 Å². The molecule has 86 valence electrons. The van der Waals surface area contributed by atoms with Crippen LogP contribution in [0.2, 0.25) is 0 Å². The van der Waals surface area contributed by atoms with E-state index in [4.69, 9.17) is 5.11 Å². The largest absolute Gasteiger partial charge is 0.414 e. The number of rotatable bonds is 2. The van der Waals surface area contributed by atoms with E-state index in [9.17, 15) is 13.2 Å². The van der Waals surface area contributed by atoms with Crippen LogP contribution in [0.3, 0.4) is 0 Å². The molecule has 0 aromatic carbocycles. The van der Waals surface area contributed by atoms with Crippen molar-refractivity contribution in [2.45, 2.75) is 32.5 Å². The second-order valence-electron chi connectivity index (χ2n) is 3.53. The Morgan fingerprint density at radius 3 is 2.27 bits per heavy atom. The highest BCUT2D eigenvalue weighted by atomic mass is 19.4. The van der Waals surface area contributed by atoms with Gasteiger partial charge in [-0.15, -0.1) is 0 Å². The topological polar surface area (TPSA) is 38.0 Å². The van der Waals surface area contributed by atoms with Crippen LogP contribution in [0.1, 0.15) is 17.0 Å². The van der Waals surface area contributed by atoms with Crippen LogP contribution in [0.25, 0.3) is 0 Å². The van der Waals surface area contributed by atoms with E-state index in [1.54, 1.807) is 20.9 Å². The van der Waals surface area contributed by atoms with Gasteiger partial charge in [0.15, 0.2) is 6.10 Å². The number of nitrogens with zero attached hydrogens (tertiary/aromatic N) is 2. The fourth-order valence-corrected chi connectivity index (χ4v) is 1.42. The van der Waals surface area contributed by atoms with Crippen LogP contribution >= 0.6 is 0 Å². The van der Waals surface area contributed by atoms with E-state index in [-0.39, 0.29) is 0 Å². The zero-order valence-corrected chi connectivity index (χ0v) is 8.76. The Hall–Kier alpha value is -1.04. The van der Waals surface area contributed by atoms with Crippen molar-refractivity contribution >= 4 is 0 Å². The highest BCUT2D eigenvalue weighted by molar-refractivity contribution is 5.25. The van der Waals surface area contributed by atoms with Crippen molar-refractivity contribution in [1.29, 1.82) is 0 Å². The maximum Gasteiger partial charge on any atom is 0.414 e. The highest BCUT2D eigenvalue weighted by Crippen LogP contribution is 2.25. The molecule has 1 aromatic rings. The van der Waals surface area contributed by atoms with Gasteiger partial charge in [-0.3, -0.25) is 4.68 Å². The molecule has 0 aliphatic rings. The molecule has 0 fully saturated rings. The number of aliphatic hydroxyl groups excluding tert-OH is 1. The van der Waals surface area contributed by atoms with Crippen LogP contribution in [-0.2, 0) is 13.5 Å². The first-order valence-corrected chi connectivity index (χ1v) is 4.47. The Kier molecular flexibility index (Phi) is 3.08. The maximum absolute atomic E-state index is 12.1. The Bertz CT molecular complexity index is 357. The molecule has 0 aliphatic carbocycles. The minimum Gasteiger partial charge on any atom is -0.383 e. The molecule has 15 heavy (non-hydrogen) atoms. The minimum atomic E-state index is -4.57. The smallest absolute Gasteiger partial charge is 0.383 e. The van der Waals surface area contributed by atoms with Crippen molar-refractivity contribution in [1.82, 2.24) is 9.78 Å². The lowest BCUT2D eigenvalue weighted by Gasteiger charge is -2.14. The molecule has 0 bridgehead atoms. The molecule has 1 heterocycles. The number of aromatic nitrogens is 2. The van der Waals surface area contributed by atoms with Crippen LogP contribution in [-0.4, -0.2) is 27.2 Å². The van der Waals surface area contributed by atoms with Gasteiger partial charge in [-0.25, -0.2) is 0 Å². The molecule has 0 aliphatic heterocycles. The molecule has 0 saturated heterocycles. The molecule has 0 saturated carbocycles. The zero-order valence-electron chi connectivity index (χ0n) is 8.76. The fourth-order valence-electron chi connectivity index (χ4n) is 1.42. The number of hydrogen-bond acceptors (Lipinski definition) is 2. The lowest BCUT2D eigenvalue weighted by molar-refractivity contribution is -0.203. The Balaban J connectivity index is 2.90. The van der Waals surface area contributed by atoms with Gasteiger partial charge in [0.1, 0.15) is 0 Å². The summed E-state index contributed by atoms with van der Waals surface area (Å²) in [4.78, 5) is 0. The summed E-state index contributed by atoms with van der Waals surface area (Å²) in [6.45, 7) is 3.31. The van der Waals surface area contributed by atoms with Gasteiger partial charge in [0.25, 0.3) is 0 Å². The van der Waals surface area contributed by atoms with Gasteiger partial charge >= 0.3 is 6.18 Å². The van der Waals surface area contributed by atoms with E-state index < -0.39 is 18.7 Å². The molecule has 3 nitrogen and oxygen atoms in total. The summed E-state index contributed by atoms with van der Waals surface area (Å²) in [7, 11) is 1.66. The molecule has 1 rings (SSSR count). The van der Waals surface area contributed by atoms with Crippen LogP contribution in [0.4, 0.5) is 13.2 Å². The van der Waals surface area contributed by atoms with Gasteiger partial charge < -0.3 is 5.11 Å². The third-order valence-electron chi connectivity index (χ3n) is 2.43. The van der Waals surface area contributed by atoms with Gasteiger partial charge in [0.2, 0.25) is 0 Å². The first kappa shape index (κ1) is 12.0. The fraction of sp³-hybridized carbons (Fsp3) is 0.667. The van der Waals surface area contributed by atoms with Crippen LogP contribution < -0.4 is 0 Å². The summed E-state index contributed by atoms with van der Waals surface area (Å²) in [5.74, 6) is 0. The Morgan fingerprint density at radius 1 is 1.40 bits per heavy atom. The molecule has 1 aromatic heterocycles. The zero-order chi connectivity index (χ0) is 11.8. The van der Waals surface area contributed by atoms with E-state index in [2.05, 4.69) is 5.10 Å². The number of alkyl halides is 3. The van der Waals surface area contributed by atoms with Gasteiger partial charge in [0.05, 0.1) is 5.69 Å². The summed E-state index contributed by atoms with van der Waals surface area (Å²) in [5, 5.41) is 12.9. The Morgan fingerprint density at radius 2 is 1.93 bits per heavy atom. The number of hydrogen-bond donors (Lipinski definition) is 1. The van der Waals surface area contributed by atoms with Gasteiger partial charge in [-0.1, -0.05) is 0 Å². The lowest BCUT2D eigenvalue weighted by Crippen LogP contribution is -2.30. The first-order valence-electron chi connectivity index (χ1n) is 4.47. The molecular formula is C9H13F3N2O. The first-order chi connectivity index (χ1) is 6.73. The van der Waals surface area contributed by atoms with Crippen molar-refractivity contribution in [3.63, 3.8) is 0 Å². The van der Waals surface area contributed by atoms with Gasteiger partial charge in [-0.2, -0.15) is 18.3 Å². The third-order valence-corrected chi connectivity index (χ3v) is 2.43. The maximum atomic E-state index is 12.1. The normalized spacial score (nSPS) is 14.3. The molecule has 1 N–H and O–H groups in total. The number of halogens is 3. The predicted octanol–water partition coefficient (Wildman–Crippen LogP) is 1.50. The van der Waals surface area contributed by atoms with Gasteiger partial charge in [0, 0.05) is 19.2 Å². The summed E-state index contributed by atoms with van der Waals surface area (Å²) in [5.41, 5.74) is 1.64. The van der Waals surface area contributed by atoms with Crippen molar-refractivity contribution in [2.24, 2.45) is 7.05 Å². The van der Waals surface area contributed by atoms with E-state index in [1.165, 1.54) is 4.68 Å². The quantitative estimate of drug-likeness (QED) is 0.823. The second-order valence-corrected chi connectivity index (χ2v) is 3.53. The average Bonchev–Trinajstić information content (AvgIpc) is 2.30. The van der Waals surface area contributed by atoms with E-state index in [0.29, 0.717) is 17.0 Å². The van der Waals surface area contributed by atoms with Crippen LogP contribution in [0.5, 0.6) is 0 Å². The van der Waals surface area contributed by atoms with Crippen LogP contribution in [0.15, 0.2) is 0 Å². The minimum absolute atomic E-state index is 0.436. The van der Waals surface area contributed by atoms with Crippen molar-refractivity contribution in [2.75, 3.05) is 0 Å². The molecule has 0 spiro atoms. The molecule has 1 unspecified atom stereocenters. The van der Waals surface area contributed by atoms with Crippen molar-refractivity contribution < 1.29 is 18.3 Å². The lowest BCUT2D eigenvalue weighted by atomic mass is 10.1. The van der Waals surface area contributed by atoms with Crippen molar-refractivity contribution in [3.8, 4) is 0 Å². The monoisotopic (exact) mass is 222 g/mol. The average molecular weight is 222 g/mol. The summed E-state index contributed by atoms with van der Waals surface area (Å²) >= 11 is 0. The van der Waals surface area contributed by atoms with E-state index in [0.717, 1.165) is 0 Å². The number of aryl methyl sites for hydroxylation is 2. The second kappa shape index (κ2) is 3.84. The van der Waals surface area contributed by atoms with Gasteiger partial charge in [-0.05, 0) is 19.4 Å². The predicted molar refractivity (Wildman–Crippen MR) is 48.4 cm³/mol. The van der Waals surface area contributed by atoms with E-state index >= 15 is 0 Å². The summed E-state index contributed by atoms with van der Waals surface area (Å²) in [6, 6.07) is 0. The number of aliphatic hydroxyl groups is 1. The van der Waals surface area contributed by atoms with E-state index in [1.807, 2.05) is 0 Å². The van der Waals surface area contributed by atoms with Crippen LogP contribution in [0, 0.1) is 13.8 Å². The summed E-state index contributed by atoms with van der Waals surface area (Å²) in [6.07, 6.45) is -7.33. The molecule has 0 radical (unpaired) electrons. The highest BCUT2D eigenvalue weighted by Gasteiger charge is 2.38. The standard InChI is InChI=1S/C9H13F3N2O/c1-5-7(6(2)14(3)13-5)4-8(15)9(10,11)12/h8,15H,4H2,1-3H3. The molecule has 1 atom stereocenters. The molecule has 0 amide bonds. The molecule has 6 heteroatoms. The SMILES string of the molecule is Cc1nn(C)c(C)c1CC(O)C(F)(F)F. The molecular weight excluding hydrogens is 209 g/mol. The summed E-state index contributed by atoms with van der Waals surface area (Å²) < 4.78 is 37.9. The third kappa shape index (κ3) is 2.50. The van der Waals surface area contributed by atoms with Crippen molar-refractivity contribution in [3.05, 3.63) is 17.0 Å².